The van der Waals surface area contributed by atoms with E-state index in [1.807, 2.05) is 0 Å². The summed E-state index contributed by atoms with van der Waals surface area (Å²) in [5.74, 6) is -0.279. The van der Waals surface area contributed by atoms with E-state index >= 15 is 0 Å². The Morgan fingerprint density at radius 3 is 2.88 bits per heavy atom. The lowest BCUT2D eigenvalue weighted by Gasteiger charge is -2.06. The van der Waals surface area contributed by atoms with E-state index in [0.717, 1.165) is 13.0 Å². The van der Waals surface area contributed by atoms with Crippen LogP contribution in [-0.4, -0.2) is 27.3 Å². The molecule has 0 amide bonds. The summed E-state index contributed by atoms with van der Waals surface area (Å²) in [7, 11) is 0. The topological polar surface area (TPSA) is 73.0 Å². The third-order valence-electron chi connectivity index (χ3n) is 1.99. The Kier molecular flexibility index (Phi) is 4.70. The molecule has 0 aliphatic carbocycles. The van der Waals surface area contributed by atoms with Gasteiger partial charge in [-0.2, -0.15) is 4.68 Å². The van der Waals surface area contributed by atoms with Crippen molar-refractivity contribution in [3.63, 3.8) is 0 Å². The molecular weight excluding hydrogens is 232 g/mol. The van der Waals surface area contributed by atoms with Crippen LogP contribution in [0.4, 0.5) is 5.82 Å². The van der Waals surface area contributed by atoms with Crippen LogP contribution in [0, 0.1) is 10.1 Å². The predicted molar refractivity (Wildman–Crippen MR) is 61.6 cm³/mol. The Morgan fingerprint density at radius 1 is 1.69 bits per heavy atom. The molecule has 0 saturated carbocycles. The van der Waals surface area contributed by atoms with Crippen LogP contribution in [-0.2, 0) is 6.54 Å². The maximum atomic E-state index is 10.5. The summed E-state index contributed by atoms with van der Waals surface area (Å²) < 4.78 is 1.50. The second-order valence-electron chi connectivity index (χ2n) is 3.78. The van der Waals surface area contributed by atoms with Gasteiger partial charge in [-0.1, -0.05) is 25.4 Å². The van der Waals surface area contributed by atoms with Crippen molar-refractivity contribution >= 4 is 17.4 Å². The molecule has 1 aromatic rings. The summed E-state index contributed by atoms with van der Waals surface area (Å²) in [5.41, 5.74) is 0. The molecule has 0 aliphatic rings. The van der Waals surface area contributed by atoms with Crippen molar-refractivity contribution in [3.8, 4) is 0 Å². The number of nitrogens with one attached hydrogen (secondary N) is 1. The number of rotatable bonds is 6. The van der Waals surface area contributed by atoms with E-state index < -0.39 is 4.92 Å². The van der Waals surface area contributed by atoms with Crippen molar-refractivity contribution in [2.24, 2.45) is 0 Å². The van der Waals surface area contributed by atoms with Crippen molar-refractivity contribution in [1.82, 2.24) is 15.1 Å². The standard InChI is InChI=1S/C9H15ClN4O2/c1-7(2)11-4-3-5-13-6-8(10)9(12-13)14(15)16/h6-7,11H,3-5H2,1-2H3. The van der Waals surface area contributed by atoms with Gasteiger partial charge >= 0.3 is 5.82 Å². The maximum Gasteiger partial charge on any atom is 0.408 e. The quantitative estimate of drug-likeness (QED) is 0.472. The third kappa shape index (κ3) is 3.79. The van der Waals surface area contributed by atoms with E-state index in [2.05, 4.69) is 24.3 Å². The van der Waals surface area contributed by atoms with Crippen LogP contribution in [0.5, 0.6) is 0 Å². The van der Waals surface area contributed by atoms with Gasteiger partial charge in [-0.05, 0) is 17.9 Å². The van der Waals surface area contributed by atoms with Gasteiger partial charge in [0, 0.05) is 6.04 Å². The Hall–Kier alpha value is -1.14. The van der Waals surface area contributed by atoms with Gasteiger partial charge in [0.1, 0.15) is 0 Å². The van der Waals surface area contributed by atoms with Crippen molar-refractivity contribution in [3.05, 3.63) is 21.3 Å². The van der Waals surface area contributed by atoms with Crippen molar-refractivity contribution in [2.45, 2.75) is 32.9 Å². The van der Waals surface area contributed by atoms with Gasteiger partial charge in [-0.15, -0.1) is 0 Å². The zero-order chi connectivity index (χ0) is 12.1. The summed E-state index contributed by atoms with van der Waals surface area (Å²) >= 11 is 5.66. The van der Waals surface area contributed by atoms with Crippen LogP contribution in [0.1, 0.15) is 20.3 Å². The Labute approximate surface area is 98.7 Å². The molecule has 1 rings (SSSR count). The van der Waals surface area contributed by atoms with Gasteiger partial charge < -0.3 is 15.4 Å². The number of hydrogen-bond acceptors (Lipinski definition) is 4. The van der Waals surface area contributed by atoms with E-state index in [9.17, 15) is 10.1 Å². The highest BCUT2D eigenvalue weighted by Crippen LogP contribution is 2.21. The van der Waals surface area contributed by atoms with E-state index in [0.29, 0.717) is 12.6 Å². The van der Waals surface area contributed by atoms with Gasteiger partial charge in [0.2, 0.25) is 0 Å². The molecule has 0 saturated heterocycles. The Morgan fingerprint density at radius 2 is 2.38 bits per heavy atom. The molecular formula is C9H15ClN4O2. The molecule has 0 atom stereocenters. The number of hydrogen-bond donors (Lipinski definition) is 1. The first-order chi connectivity index (χ1) is 7.50. The average Bonchev–Trinajstić information content (AvgIpc) is 2.54. The fraction of sp³-hybridized carbons (Fsp3) is 0.667. The zero-order valence-corrected chi connectivity index (χ0v) is 10.1. The summed E-state index contributed by atoms with van der Waals surface area (Å²) in [6.07, 6.45) is 2.34. The van der Waals surface area contributed by atoms with Gasteiger partial charge in [0.05, 0.1) is 17.8 Å². The summed E-state index contributed by atoms with van der Waals surface area (Å²) in [4.78, 5) is 9.91. The predicted octanol–water partition coefficient (Wildman–Crippen LogP) is 1.83. The molecule has 16 heavy (non-hydrogen) atoms. The van der Waals surface area contributed by atoms with Crippen LogP contribution in [0.2, 0.25) is 5.02 Å². The van der Waals surface area contributed by atoms with Gasteiger partial charge in [-0.3, -0.25) is 0 Å². The molecule has 0 fully saturated rings. The molecule has 0 radical (unpaired) electrons. The third-order valence-corrected chi connectivity index (χ3v) is 2.26. The molecule has 1 N–H and O–H groups in total. The zero-order valence-electron chi connectivity index (χ0n) is 9.31. The number of nitrogens with zero attached hydrogens (tertiary/aromatic N) is 3. The summed E-state index contributed by atoms with van der Waals surface area (Å²) in [6, 6.07) is 0.440. The molecule has 1 heterocycles. The molecule has 0 unspecified atom stereocenters. The van der Waals surface area contributed by atoms with Crippen LogP contribution in [0.25, 0.3) is 0 Å². The minimum atomic E-state index is -0.578. The van der Waals surface area contributed by atoms with E-state index in [1.165, 1.54) is 10.9 Å². The van der Waals surface area contributed by atoms with Crippen LogP contribution in [0.3, 0.4) is 0 Å². The SMILES string of the molecule is CC(C)NCCCn1cc(Cl)c([N+](=O)[O-])n1. The summed E-state index contributed by atoms with van der Waals surface area (Å²) in [5, 5.41) is 17.6. The van der Waals surface area contributed by atoms with Gasteiger partial charge in [0.25, 0.3) is 0 Å². The van der Waals surface area contributed by atoms with Gasteiger partial charge in [-0.25, -0.2) is 0 Å². The number of nitro groups is 1. The highest BCUT2D eigenvalue weighted by molar-refractivity contribution is 6.32. The van der Waals surface area contributed by atoms with E-state index in [1.54, 1.807) is 0 Å². The normalized spacial score (nSPS) is 11.0. The minimum Gasteiger partial charge on any atom is -0.358 e. The Bertz CT molecular complexity index is 364. The smallest absolute Gasteiger partial charge is 0.358 e. The lowest BCUT2D eigenvalue weighted by molar-refractivity contribution is -0.389. The minimum absolute atomic E-state index is 0.0850. The molecule has 90 valence electrons. The van der Waals surface area contributed by atoms with Crippen LogP contribution < -0.4 is 5.32 Å². The average molecular weight is 247 g/mol. The number of aromatic nitrogens is 2. The largest absolute Gasteiger partial charge is 0.408 e. The van der Waals surface area contributed by atoms with Crippen molar-refractivity contribution < 1.29 is 4.92 Å². The first kappa shape index (κ1) is 12.9. The van der Waals surface area contributed by atoms with E-state index in [4.69, 9.17) is 11.6 Å². The highest BCUT2D eigenvalue weighted by atomic mass is 35.5. The molecule has 0 spiro atoms. The van der Waals surface area contributed by atoms with Crippen LogP contribution in [0.15, 0.2) is 6.20 Å². The van der Waals surface area contributed by atoms with Crippen molar-refractivity contribution in [2.75, 3.05) is 6.54 Å². The first-order valence-electron chi connectivity index (χ1n) is 5.11. The first-order valence-corrected chi connectivity index (χ1v) is 5.49. The second kappa shape index (κ2) is 5.81. The second-order valence-corrected chi connectivity index (χ2v) is 4.19. The highest BCUT2D eigenvalue weighted by Gasteiger charge is 2.18. The molecule has 6 nitrogen and oxygen atoms in total. The molecule has 7 heteroatoms. The maximum absolute atomic E-state index is 10.5. The lowest BCUT2D eigenvalue weighted by atomic mass is 10.3. The fourth-order valence-corrected chi connectivity index (χ4v) is 1.48. The summed E-state index contributed by atoms with van der Waals surface area (Å²) in [6.45, 7) is 5.60. The van der Waals surface area contributed by atoms with Gasteiger partial charge in [0.15, 0.2) is 5.02 Å². The van der Waals surface area contributed by atoms with Crippen molar-refractivity contribution in [1.29, 1.82) is 0 Å². The lowest BCUT2D eigenvalue weighted by Crippen LogP contribution is -2.24. The molecule has 0 bridgehead atoms. The van der Waals surface area contributed by atoms with Crippen LogP contribution >= 0.6 is 11.6 Å². The Balaban J connectivity index is 2.43. The fourth-order valence-electron chi connectivity index (χ4n) is 1.26. The molecule has 0 aromatic carbocycles. The van der Waals surface area contributed by atoms with E-state index in [-0.39, 0.29) is 10.8 Å². The molecule has 0 aliphatic heterocycles. The number of halogens is 1. The molecule has 1 aromatic heterocycles. The monoisotopic (exact) mass is 246 g/mol. The number of aryl methyl sites for hydroxylation is 1.